The Morgan fingerprint density at radius 2 is 2.08 bits per heavy atom. The lowest BCUT2D eigenvalue weighted by molar-refractivity contribution is -0.125. The van der Waals surface area contributed by atoms with E-state index in [9.17, 15) is 4.79 Å². The number of hydrogen-bond acceptors (Lipinski definition) is 5. The highest BCUT2D eigenvalue weighted by atomic mass is 16.5. The molecule has 0 bridgehead atoms. The second-order valence-electron chi connectivity index (χ2n) is 6.10. The van der Waals surface area contributed by atoms with Crippen LogP contribution in [-0.2, 0) is 4.79 Å². The largest absolute Gasteiger partial charge is 0.494 e. The molecule has 6 nitrogen and oxygen atoms in total. The number of amides is 1. The van der Waals surface area contributed by atoms with E-state index in [-0.39, 0.29) is 11.8 Å². The number of aryl methyl sites for hydroxylation is 1. The Labute approximate surface area is 142 Å². The Kier molecular flexibility index (Phi) is 4.83. The first kappa shape index (κ1) is 16.5. The van der Waals surface area contributed by atoms with Crippen LogP contribution in [0.4, 0.5) is 5.95 Å². The van der Waals surface area contributed by atoms with Crippen molar-refractivity contribution in [3.8, 4) is 5.75 Å². The summed E-state index contributed by atoms with van der Waals surface area (Å²) in [6, 6.07) is 5.92. The van der Waals surface area contributed by atoms with Crippen molar-refractivity contribution in [2.45, 2.75) is 26.7 Å². The van der Waals surface area contributed by atoms with Gasteiger partial charge in [0.25, 0.3) is 0 Å². The fraction of sp³-hybridized carbons (Fsp3) is 0.500. The Morgan fingerprint density at radius 1 is 1.33 bits per heavy atom. The summed E-state index contributed by atoms with van der Waals surface area (Å²) in [5.41, 5.74) is 1.87. The van der Waals surface area contributed by atoms with Gasteiger partial charge in [-0.2, -0.15) is 0 Å². The predicted octanol–water partition coefficient (Wildman–Crippen LogP) is 2.30. The van der Waals surface area contributed by atoms with Gasteiger partial charge in [-0.05, 0) is 44.9 Å². The zero-order valence-corrected chi connectivity index (χ0v) is 14.5. The van der Waals surface area contributed by atoms with Crippen LogP contribution in [0.3, 0.4) is 0 Å². The van der Waals surface area contributed by atoms with Crippen LogP contribution in [0.25, 0.3) is 10.9 Å². The van der Waals surface area contributed by atoms with E-state index >= 15 is 0 Å². The monoisotopic (exact) mass is 328 g/mol. The number of carbonyl (C=O) groups is 1. The van der Waals surface area contributed by atoms with E-state index in [0.29, 0.717) is 6.61 Å². The quantitative estimate of drug-likeness (QED) is 0.933. The number of rotatable bonds is 4. The first-order valence-electron chi connectivity index (χ1n) is 8.50. The fourth-order valence-electron chi connectivity index (χ4n) is 3.19. The molecule has 1 amide bonds. The van der Waals surface area contributed by atoms with Crippen LogP contribution >= 0.6 is 0 Å². The van der Waals surface area contributed by atoms with Crippen molar-refractivity contribution < 1.29 is 9.53 Å². The van der Waals surface area contributed by atoms with Crippen molar-refractivity contribution in [1.29, 1.82) is 0 Å². The Hall–Kier alpha value is -2.37. The Balaban J connectivity index is 1.81. The number of benzene rings is 1. The van der Waals surface area contributed by atoms with E-state index in [0.717, 1.165) is 54.2 Å². The van der Waals surface area contributed by atoms with Crippen molar-refractivity contribution in [1.82, 2.24) is 15.3 Å². The molecule has 0 atom stereocenters. The summed E-state index contributed by atoms with van der Waals surface area (Å²) in [6.07, 6.45) is 1.67. The molecule has 2 heterocycles. The number of nitrogens with one attached hydrogen (secondary N) is 1. The van der Waals surface area contributed by atoms with E-state index < -0.39 is 0 Å². The van der Waals surface area contributed by atoms with E-state index in [1.807, 2.05) is 32.0 Å². The molecule has 24 heavy (non-hydrogen) atoms. The van der Waals surface area contributed by atoms with Crippen molar-refractivity contribution >= 4 is 22.8 Å². The minimum Gasteiger partial charge on any atom is -0.494 e. The first-order chi connectivity index (χ1) is 11.6. The van der Waals surface area contributed by atoms with E-state index in [1.54, 1.807) is 7.05 Å². The highest BCUT2D eigenvalue weighted by Crippen LogP contribution is 2.26. The minimum atomic E-state index is 0.0987. The molecule has 1 aliphatic heterocycles. The van der Waals surface area contributed by atoms with Gasteiger partial charge in [0.2, 0.25) is 11.9 Å². The maximum atomic E-state index is 11.8. The normalized spacial score (nSPS) is 15.5. The third kappa shape index (κ3) is 3.27. The molecule has 0 saturated carbocycles. The molecule has 6 heteroatoms. The third-order valence-electron chi connectivity index (χ3n) is 4.55. The molecule has 0 unspecified atom stereocenters. The lowest BCUT2D eigenvalue weighted by atomic mass is 9.96. The third-order valence-corrected chi connectivity index (χ3v) is 4.55. The molecule has 0 spiro atoms. The summed E-state index contributed by atoms with van der Waals surface area (Å²) in [5, 5.41) is 3.76. The number of fused-ring (bicyclic) bond motifs is 1. The van der Waals surface area contributed by atoms with Gasteiger partial charge in [-0.1, -0.05) is 0 Å². The van der Waals surface area contributed by atoms with Gasteiger partial charge in [-0.3, -0.25) is 4.79 Å². The molecule has 1 N–H and O–H groups in total. The van der Waals surface area contributed by atoms with Gasteiger partial charge in [0.05, 0.1) is 17.8 Å². The zero-order valence-electron chi connectivity index (χ0n) is 14.5. The smallest absolute Gasteiger partial charge is 0.226 e. The Bertz CT molecular complexity index is 739. The molecule has 1 saturated heterocycles. The van der Waals surface area contributed by atoms with Crippen molar-refractivity contribution in [3.05, 3.63) is 23.9 Å². The summed E-state index contributed by atoms with van der Waals surface area (Å²) < 4.78 is 5.56. The average molecular weight is 328 g/mol. The van der Waals surface area contributed by atoms with E-state index in [4.69, 9.17) is 9.72 Å². The topological polar surface area (TPSA) is 67.3 Å². The molecule has 1 aromatic heterocycles. The van der Waals surface area contributed by atoms with Gasteiger partial charge in [-0.25, -0.2) is 9.97 Å². The number of hydrogen-bond donors (Lipinski definition) is 1. The molecule has 0 aliphatic carbocycles. The first-order valence-corrected chi connectivity index (χ1v) is 8.50. The van der Waals surface area contributed by atoms with Gasteiger partial charge in [0.1, 0.15) is 5.75 Å². The van der Waals surface area contributed by atoms with Crippen molar-refractivity contribution in [2.24, 2.45) is 5.92 Å². The van der Waals surface area contributed by atoms with Crippen LogP contribution in [0.1, 0.15) is 25.5 Å². The molecular weight excluding hydrogens is 304 g/mol. The van der Waals surface area contributed by atoms with Crippen LogP contribution in [0.5, 0.6) is 5.75 Å². The highest BCUT2D eigenvalue weighted by molar-refractivity contribution is 5.83. The SMILES string of the molecule is CCOc1ccc2nc(N3CCC(C(=O)NC)CC3)nc(C)c2c1. The lowest BCUT2D eigenvalue weighted by Crippen LogP contribution is -2.40. The average Bonchev–Trinajstić information content (AvgIpc) is 2.62. The van der Waals surface area contributed by atoms with E-state index in [2.05, 4.69) is 15.2 Å². The van der Waals surface area contributed by atoms with Crippen molar-refractivity contribution in [3.63, 3.8) is 0 Å². The maximum Gasteiger partial charge on any atom is 0.226 e. The number of piperidine rings is 1. The Morgan fingerprint density at radius 3 is 2.75 bits per heavy atom. The second kappa shape index (κ2) is 7.03. The van der Waals surface area contributed by atoms with Gasteiger partial charge in [0.15, 0.2) is 0 Å². The number of ether oxygens (including phenoxy) is 1. The summed E-state index contributed by atoms with van der Waals surface area (Å²) in [5.74, 6) is 1.82. The molecule has 1 fully saturated rings. The molecule has 1 aromatic carbocycles. The van der Waals surface area contributed by atoms with Crippen LogP contribution in [0.2, 0.25) is 0 Å². The van der Waals surface area contributed by atoms with Gasteiger partial charge >= 0.3 is 0 Å². The number of nitrogens with zero attached hydrogens (tertiary/aromatic N) is 3. The molecule has 128 valence electrons. The fourth-order valence-corrected chi connectivity index (χ4v) is 3.19. The molecule has 0 radical (unpaired) electrons. The lowest BCUT2D eigenvalue weighted by Gasteiger charge is -2.31. The summed E-state index contributed by atoms with van der Waals surface area (Å²) >= 11 is 0. The molecular formula is C18H24N4O2. The molecule has 1 aliphatic rings. The van der Waals surface area contributed by atoms with Gasteiger partial charge in [-0.15, -0.1) is 0 Å². The van der Waals surface area contributed by atoms with Crippen LogP contribution in [-0.4, -0.2) is 42.6 Å². The van der Waals surface area contributed by atoms with E-state index in [1.165, 1.54) is 0 Å². The zero-order chi connectivity index (χ0) is 17.1. The van der Waals surface area contributed by atoms with Crippen molar-refractivity contribution in [2.75, 3.05) is 31.6 Å². The van der Waals surface area contributed by atoms with Gasteiger partial charge < -0.3 is 15.0 Å². The summed E-state index contributed by atoms with van der Waals surface area (Å²) in [4.78, 5) is 23.3. The van der Waals surface area contributed by atoms with Crippen LogP contribution in [0, 0.1) is 12.8 Å². The predicted molar refractivity (Wildman–Crippen MR) is 94.4 cm³/mol. The summed E-state index contributed by atoms with van der Waals surface area (Å²) in [6.45, 7) is 6.23. The minimum absolute atomic E-state index is 0.0987. The second-order valence-corrected chi connectivity index (χ2v) is 6.10. The van der Waals surface area contributed by atoms with Gasteiger partial charge in [0, 0.05) is 31.4 Å². The number of carbonyl (C=O) groups excluding carboxylic acids is 1. The molecule has 2 aromatic rings. The standard InChI is InChI=1S/C18H24N4O2/c1-4-24-14-5-6-16-15(11-14)12(2)20-18(21-16)22-9-7-13(8-10-22)17(23)19-3/h5-6,11,13H,4,7-10H2,1-3H3,(H,19,23). The molecule has 3 rings (SSSR count). The highest BCUT2D eigenvalue weighted by Gasteiger charge is 2.25. The van der Waals surface area contributed by atoms with Crippen LogP contribution < -0.4 is 15.0 Å². The number of anilines is 1. The maximum absolute atomic E-state index is 11.8. The van der Waals surface area contributed by atoms with Crippen LogP contribution in [0.15, 0.2) is 18.2 Å². The summed E-state index contributed by atoms with van der Waals surface area (Å²) in [7, 11) is 1.70. The number of aromatic nitrogens is 2.